The summed E-state index contributed by atoms with van der Waals surface area (Å²) < 4.78 is 14.1. The van der Waals surface area contributed by atoms with Gasteiger partial charge in [-0.1, -0.05) is 6.07 Å². The van der Waals surface area contributed by atoms with Crippen LogP contribution in [0.3, 0.4) is 0 Å². The Bertz CT molecular complexity index is 616. The van der Waals surface area contributed by atoms with Gasteiger partial charge in [-0.15, -0.1) is 11.3 Å². The van der Waals surface area contributed by atoms with Crippen molar-refractivity contribution in [2.45, 2.75) is 19.4 Å². The molecule has 106 valence electrons. The normalized spacial score (nSPS) is 12.2. The largest absolute Gasteiger partial charge is 0.478 e. The van der Waals surface area contributed by atoms with Gasteiger partial charge in [-0.05, 0) is 46.4 Å². The van der Waals surface area contributed by atoms with E-state index in [4.69, 9.17) is 5.11 Å². The van der Waals surface area contributed by atoms with Crippen molar-refractivity contribution in [2.75, 3.05) is 5.32 Å². The zero-order valence-electron chi connectivity index (χ0n) is 10.7. The molecule has 0 aliphatic heterocycles. The fraction of sp³-hybridized carbons (Fsp3) is 0.214. The van der Waals surface area contributed by atoms with Crippen LogP contribution < -0.4 is 5.32 Å². The number of thiophene rings is 1. The van der Waals surface area contributed by atoms with Crippen molar-refractivity contribution >= 4 is 38.9 Å². The molecule has 1 aromatic carbocycles. The van der Waals surface area contributed by atoms with Gasteiger partial charge in [0.25, 0.3) is 0 Å². The molecule has 0 aliphatic rings. The van der Waals surface area contributed by atoms with Gasteiger partial charge < -0.3 is 10.4 Å². The number of benzene rings is 1. The third-order valence-corrected chi connectivity index (χ3v) is 4.48. The van der Waals surface area contributed by atoms with E-state index >= 15 is 0 Å². The maximum absolute atomic E-state index is 14.1. The number of rotatable bonds is 5. The lowest BCUT2D eigenvalue weighted by molar-refractivity contribution is 0.0695. The summed E-state index contributed by atoms with van der Waals surface area (Å²) in [5.74, 6) is -1.74. The Morgan fingerprint density at radius 2 is 2.25 bits per heavy atom. The Hall–Kier alpha value is -1.40. The topological polar surface area (TPSA) is 49.3 Å². The Morgan fingerprint density at radius 1 is 1.50 bits per heavy atom. The second-order valence-electron chi connectivity index (χ2n) is 4.42. The molecule has 0 saturated heterocycles. The Morgan fingerprint density at radius 3 is 2.85 bits per heavy atom. The van der Waals surface area contributed by atoms with E-state index in [0.717, 1.165) is 6.42 Å². The van der Waals surface area contributed by atoms with Crippen molar-refractivity contribution in [3.8, 4) is 0 Å². The zero-order valence-corrected chi connectivity index (χ0v) is 13.1. The number of carboxylic acid groups (broad SMARTS) is 1. The van der Waals surface area contributed by atoms with E-state index in [-0.39, 0.29) is 16.1 Å². The van der Waals surface area contributed by atoms with Crippen molar-refractivity contribution in [3.63, 3.8) is 0 Å². The molecular formula is C14H13BrFNO2S. The van der Waals surface area contributed by atoms with E-state index < -0.39 is 11.8 Å². The van der Waals surface area contributed by atoms with Crippen LogP contribution in [0.25, 0.3) is 0 Å². The third kappa shape index (κ3) is 3.37. The molecule has 2 rings (SSSR count). The van der Waals surface area contributed by atoms with Crippen LogP contribution in [0.2, 0.25) is 0 Å². The first-order chi connectivity index (χ1) is 9.49. The van der Waals surface area contributed by atoms with Crippen LogP contribution in [0.1, 0.15) is 22.2 Å². The summed E-state index contributed by atoms with van der Waals surface area (Å²) in [6.07, 6.45) is 0.787. The lowest BCUT2D eigenvalue weighted by Gasteiger charge is -2.16. The monoisotopic (exact) mass is 357 g/mol. The number of halogens is 2. The molecule has 0 radical (unpaired) electrons. The predicted molar refractivity (Wildman–Crippen MR) is 82.2 cm³/mol. The van der Waals surface area contributed by atoms with Crippen LogP contribution in [0, 0.1) is 5.82 Å². The van der Waals surface area contributed by atoms with Gasteiger partial charge >= 0.3 is 5.97 Å². The molecule has 20 heavy (non-hydrogen) atoms. The first kappa shape index (κ1) is 15.0. The van der Waals surface area contributed by atoms with Crippen molar-refractivity contribution in [1.82, 2.24) is 0 Å². The molecule has 6 heteroatoms. The highest BCUT2D eigenvalue weighted by molar-refractivity contribution is 9.10. The maximum Gasteiger partial charge on any atom is 0.336 e. The van der Waals surface area contributed by atoms with E-state index in [2.05, 4.69) is 21.2 Å². The first-order valence-electron chi connectivity index (χ1n) is 5.99. The van der Waals surface area contributed by atoms with Crippen LogP contribution >= 0.6 is 27.3 Å². The van der Waals surface area contributed by atoms with Gasteiger partial charge in [0, 0.05) is 17.3 Å². The minimum absolute atomic E-state index is 0.0293. The van der Waals surface area contributed by atoms with Gasteiger partial charge in [-0.3, -0.25) is 0 Å². The molecular weight excluding hydrogens is 345 g/mol. The fourth-order valence-electron chi connectivity index (χ4n) is 1.87. The van der Waals surface area contributed by atoms with Crippen molar-refractivity contribution in [2.24, 2.45) is 0 Å². The summed E-state index contributed by atoms with van der Waals surface area (Å²) in [5, 5.41) is 14.0. The molecule has 1 aromatic heterocycles. The van der Waals surface area contributed by atoms with E-state index in [1.54, 1.807) is 11.3 Å². The molecule has 0 saturated carbocycles. The third-order valence-electron chi connectivity index (χ3n) is 2.80. The average molecular weight is 358 g/mol. The molecule has 1 atom stereocenters. The molecule has 3 nitrogen and oxygen atoms in total. The quantitative estimate of drug-likeness (QED) is 0.833. The summed E-state index contributed by atoms with van der Waals surface area (Å²) in [6.45, 7) is 1.96. The molecule has 0 spiro atoms. The maximum atomic E-state index is 14.1. The molecule has 2 aromatic rings. The smallest absolute Gasteiger partial charge is 0.336 e. The molecule has 1 heterocycles. The number of nitrogens with one attached hydrogen (secondary N) is 1. The first-order valence-corrected chi connectivity index (χ1v) is 7.66. The Balaban J connectivity index is 2.13. The lowest BCUT2D eigenvalue weighted by Crippen LogP contribution is -2.18. The second-order valence-corrected chi connectivity index (χ2v) is 6.25. The van der Waals surface area contributed by atoms with Crippen molar-refractivity contribution in [3.05, 3.63) is 50.4 Å². The van der Waals surface area contributed by atoms with Gasteiger partial charge in [-0.2, -0.15) is 0 Å². The summed E-state index contributed by atoms with van der Waals surface area (Å²) in [7, 11) is 0. The SMILES string of the molecule is CC(Cc1cccs1)Nc1ccc(C(=O)O)c(Br)c1F. The van der Waals surface area contributed by atoms with Gasteiger partial charge in [0.15, 0.2) is 5.82 Å². The van der Waals surface area contributed by atoms with Gasteiger partial charge in [0.2, 0.25) is 0 Å². The van der Waals surface area contributed by atoms with Crippen molar-refractivity contribution < 1.29 is 14.3 Å². The highest BCUT2D eigenvalue weighted by atomic mass is 79.9. The van der Waals surface area contributed by atoms with Gasteiger partial charge in [-0.25, -0.2) is 9.18 Å². The lowest BCUT2D eigenvalue weighted by atomic mass is 10.1. The molecule has 0 aliphatic carbocycles. The average Bonchev–Trinajstić information content (AvgIpc) is 2.87. The van der Waals surface area contributed by atoms with Crippen molar-refractivity contribution in [1.29, 1.82) is 0 Å². The highest BCUT2D eigenvalue weighted by Crippen LogP contribution is 2.28. The van der Waals surface area contributed by atoms with E-state index in [1.165, 1.54) is 17.0 Å². The van der Waals surface area contributed by atoms with Crippen LogP contribution in [0.15, 0.2) is 34.1 Å². The number of hydrogen-bond donors (Lipinski definition) is 2. The highest BCUT2D eigenvalue weighted by Gasteiger charge is 2.17. The van der Waals surface area contributed by atoms with Crippen LogP contribution in [0.4, 0.5) is 10.1 Å². The minimum atomic E-state index is -1.16. The summed E-state index contributed by atoms with van der Waals surface area (Å²) in [5.41, 5.74) is 0.213. The number of carboxylic acids is 1. The predicted octanol–water partition coefficient (Wildman–Crippen LogP) is 4.39. The Kier molecular flexibility index (Phi) is 4.77. The minimum Gasteiger partial charge on any atom is -0.478 e. The summed E-state index contributed by atoms with van der Waals surface area (Å²) >= 11 is 4.64. The van der Waals surface area contributed by atoms with E-state index in [1.807, 2.05) is 24.4 Å². The van der Waals surface area contributed by atoms with Crippen LogP contribution in [-0.4, -0.2) is 17.1 Å². The van der Waals surface area contributed by atoms with Gasteiger partial charge in [0.1, 0.15) is 0 Å². The number of aromatic carboxylic acids is 1. The zero-order chi connectivity index (χ0) is 14.7. The molecule has 1 unspecified atom stereocenters. The van der Waals surface area contributed by atoms with Crippen LogP contribution in [-0.2, 0) is 6.42 Å². The molecule has 0 fully saturated rings. The fourth-order valence-corrected chi connectivity index (χ4v) is 3.22. The number of hydrogen-bond acceptors (Lipinski definition) is 3. The van der Waals surface area contributed by atoms with E-state index in [9.17, 15) is 9.18 Å². The van der Waals surface area contributed by atoms with Crippen LogP contribution in [0.5, 0.6) is 0 Å². The second kappa shape index (κ2) is 6.37. The number of anilines is 1. The summed E-state index contributed by atoms with van der Waals surface area (Å²) in [6, 6.07) is 6.89. The molecule has 0 amide bonds. The molecule has 2 N–H and O–H groups in total. The Labute approximate surface area is 128 Å². The van der Waals surface area contributed by atoms with E-state index in [0.29, 0.717) is 5.69 Å². The standard InChI is InChI=1S/C14H13BrFNO2S/c1-8(7-9-3-2-6-20-9)17-11-5-4-10(14(18)19)12(15)13(11)16/h2-6,8,17H,7H2,1H3,(H,18,19). The number of carbonyl (C=O) groups is 1. The van der Waals surface area contributed by atoms with Gasteiger partial charge in [0.05, 0.1) is 15.7 Å². The summed E-state index contributed by atoms with van der Waals surface area (Å²) in [4.78, 5) is 12.1. The molecule has 0 bridgehead atoms.